The highest BCUT2D eigenvalue weighted by atomic mass is 16.2. The Morgan fingerprint density at radius 2 is 1.00 bits per heavy atom. The second kappa shape index (κ2) is 9.09. The van der Waals surface area contributed by atoms with Gasteiger partial charge in [-0.2, -0.15) is 0 Å². The van der Waals surface area contributed by atoms with Crippen molar-refractivity contribution in [2.24, 2.45) is 0 Å². The van der Waals surface area contributed by atoms with Crippen LogP contribution in [0.15, 0.2) is 0 Å². The van der Waals surface area contributed by atoms with Gasteiger partial charge >= 0.3 is 0 Å². The third-order valence-electron chi connectivity index (χ3n) is 6.64. The molecule has 0 N–H and O–H groups in total. The lowest BCUT2D eigenvalue weighted by Gasteiger charge is -2.41. The number of carbonyl (C=O) groups excluding carboxylic acids is 2. The number of nitrogens with zero attached hydrogens (tertiary/aromatic N) is 5. The van der Waals surface area contributed by atoms with E-state index in [2.05, 4.69) is 42.3 Å². The zero-order chi connectivity index (χ0) is 21.1. The molecule has 2 heterocycles. The molecular formula is C21H43N5O2+2. The largest absolute Gasteiger partial charge is 0.341 e. The summed E-state index contributed by atoms with van der Waals surface area (Å²) in [6, 6.07) is 1.25. The summed E-state index contributed by atoms with van der Waals surface area (Å²) < 4.78 is 1.92. The van der Waals surface area contributed by atoms with Crippen molar-refractivity contribution in [1.29, 1.82) is 0 Å². The minimum atomic E-state index is 0.152. The molecule has 28 heavy (non-hydrogen) atoms. The van der Waals surface area contributed by atoms with Gasteiger partial charge in [0.05, 0.1) is 67.5 Å². The predicted octanol–water partition coefficient (Wildman–Crippen LogP) is 0.313. The number of piperidine rings is 2. The van der Waals surface area contributed by atoms with Gasteiger partial charge in [-0.25, -0.2) is 0 Å². The average Bonchev–Trinajstić information content (AvgIpc) is 2.60. The molecule has 0 radical (unpaired) electrons. The Balaban J connectivity index is 1.73. The molecule has 0 bridgehead atoms. The Hall–Kier alpha value is -1.18. The van der Waals surface area contributed by atoms with Crippen LogP contribution in [0.25, 0.3) is 0 Å². The van der Waals surface area contributed by atoms with E-state index in [-0.39, 0.29) is 11.8 Å². The Labute approximate surface area is 172 Å². The smallest absolute Gasteiger partial charge is 0.236 e. The quantitative estimate of drug-likeness (QED) is 0.606. The van der Waals surface area contributed by atoms with Crippen molar-refractivity contribution in [2.45, 2.75) is 37.8 Å². The average molecular weight is 398 g/mol. The number of carbonyl (C=O) groups is 2. The van der Waals surface area contributed by atoms with Crippen LogP contribution < -0.4 is 0 Å². The topological polar surface area (TPSA) is 43.9 Å². The lowest BCUT2D eigenvalue weighted by Crippen LogP contribution is -2.54. The van der Waals surface area contributed by atoms with Crippen molar-refractivity contribution in [3.05, 3.63) is 0 Å². The van der Waals surface area contributed by atoms with Crippen molar-refractivity contribution in [3.8, 4) is 0 Å². The van der Waals surface area contributed by atoms with Gasteiger partial charge in [0, 0.05) is 51.9 Å². The zero-order valence-corrected chi connectivity index (χ0v) is 19.3. The summed E-state index contributed by atoms with van der Waals surface area (Å²) in [6.45, 7) is 3.99. The maximum Gasteiger partial charge on any atom is 0.236 e. The fourth-order valence-corrected chi connectivity index (χ4v) is 4.50. The van der Waals surface area contributed by atoms with Gasteiger partial charge in [0.1, 0.15) is 0 Å². The van der Waals surface area contributed by atoms with Crippen molar-refractivity contribution in [3.63, 3.8) is 0 Å². The Kier molecular flexibility index (Phi) is 7.50. The van der Waals surface area contributed by atoms with Gasteiger partial charge in [-0.05, 0) is 7.05 Å². The van der Waals surface area contributed by atoms with Crippen LogP contribution in [0.3, 0.4) is 0 Å². The van der Waals surface area contributed by atoms with Crippen molar-refractivity contribution < 1.29 is 18.6 Å². The van der Waals surface area contributed by atoms with Crippen LogP contribution in [0.2, 0.25) is 0 Å². The molecular weight excluding hydrogens is 354 g/mol. The molecule has 2 saturated heterocycles. The van der Waals surface area contributed by atoms with E-state index >= 15 is 0 Å². The van der Waals surface area contributed by atoms with Gasteiger partial charge in [-0.15, -0.1) is 0 Å². The standard InChI is InChI=1S/C21H43N5O2/c1-22(16-20(27)23-12-8-18(9-13-23)25(2,3)4)17-21(28)24-14-10-19(11-15-24)26(5,6)7/h18-19H,8-17H2,1-7H3/q+2. The lowest BCUT2D eigenvalue weighted by molar-refractivity contribution is -0.897. The van der Waals surface area contributed by atoms with Gasteiger partial charge in [-0.1, -0.05) is 0 Å². The molecule has 0 aliphatic carbocycles. The first-order valence-corrected chi connectivity index (χ1v) is 10.7. The molecule has 0 aromatic rings. The fraction of sp³-hybridized carbons (Fsp3) is 0.905. The number of hydrogen-bond acceptors (Lipinski definition) is 3. The van der Waals surface area contributed by atoms with Gasteiger partial charge in [0.15, 0.2) is 0 Å². The first-order chi connectivity index (χ1) is 12.9. The SMILES string of the molecule is CN(CC(=O)N1CCC([N+](C)(C)C)CC1)CC(=O)N1CCC([N+](C)(C)C)CC1. The molecule has 2 amide bonds. The molecule has 2 aliphatic rings. The molecule has 0 aromatic carbocycles. The maximum atomic E-state index is 12.6. The minimum absolute atomic E-state index is 0.152. The molecule has 0 unspecified atom stereocenters. The number of likely N-dealkylation sites (tertiary alicyclic amines) is 2. The van der Waals surface area contributed by atoms with Crippen molar-refractivity contribution in [2.75, 3.05) is 88.6 Å². The summed E-state index contributed by atoms with van der Waals surface area (Å²) >= 11 is 0. The molecule has 0 saturated carbocycles. The highest BCUT2D eigenvalue weighted by molar-refractivity contribution is 5.81. The Morgan fingerprint density at radius 1 is 0.714 bits per heavy atom. The first kappa shape index (κ1) is 23.1. The molecule has 2 aliphatic heterocycles. The Bertz CT molecular complexity index is 488. The molecule has 0 aromatic heterocycles. The van der Waals surface area contributed by atoms with Crippen molar-refractivity contribution in [1.82, 2.24) is 14.7 Å². The van der Waals surface area contributed by atoms with E-state index in [0.717, 1.165) is 60.8 Å². The first-order valence-electron chi connectivity index (χ1n) is 10.7. The summed E-state index contributed by atoms with van der Waals surface area (Å²) in [6.07, 6.45) is 4.22. The van der Waals surface area contributed by atoms with E-state index in [1.54, 1.807) is 0 Å². The molecule has 2 fully saturated rings. The number of likely N-dealkylation sites (N-methyl/N-ethyl adjacent to an activating group) is 1. The monoisotopic (exact) mass is 397 g/mol. The fourth-order valence-electron chi connectivity index (χ4n) is 4.50. The van der Waals surface area contributed by atoms with E-state index < -0.39 is 0 Å². The third-order valence-corrected chi connectivity index (χ3v) is 6.64. The molecule has 7 heteroatoms. The van der Waals surface area contributed by atoms with Gasteiger partial charge < -0.3 is 18.8 Å². The van der Waals surface area contributed by atoms with E-state index in [1.807, 2.05) is 21.7 Å². The molecule has 0 atom stereocenters. The van der Waals surface area contributed by atoms with E-state index in [4.69, 9.17) is 0 Å². The minimum Gasteiger partial charge on any atom is -0.341 e. The van der Waals surface area contributed by atoms with Crippen LogP contribution in [-0.2, 0) is 9.59 Å². The molecule has 7 nitrogen and oxygen atoms in total. The summed E-state index contributed by atoms with van der Waals surface area (Å²) in [5.41, 5.74) is 0. The number of rotatable bonds is 6. The highest BCUT2D eigenvalue weighted by Gasteiger charge is 2.32. The van der Waals surface area contributed by atoms with Gasteiger partial charge in [0.2, 0.25) is 11.8 Å². The van der Waals surface area contributed by atoms with E-state index in [9.17, 15) is 9.59 Å². The van der Waals surface area contributed by atoms with Crippen LogP contribution in [0.4, 0.5) is 0 Å². The van der Waals surface area contributed by atoms with E-state index in [0.29, 0.717) is 25.2 Å². The Morgan fingerprint density at radius 3 is 1.25 bits per heavy atom. The summed E-state index contributed by atoms with van der Waals surface area (Å²) in [5.74, 6) is 0.304. The highest BCUT2D eigenvalue weighted by Crippen LogP contribution is 2.20. The molecule has 2 rings (SSSR count). The summed E-state index contributed by atoms with van der Waals surface area (Å²) in [4.78, 5) is 31.1. The van der Waals surface area contributed by atoms with Gasteiger partial charge in [0.25, 0.3) is 0 Å². The van der Waals surface area contributed by atoms with Crippen LogP contribution >= 0.6 is 0 Å². The van der Waals surface area contributed by atoms with Crippen LogP contribution in [0.5, 0.6) is 0 Å². The van der Waals surface area contributed by atoms with E-state index in [1.165, 1.54) is 0 Å². The number of amides is 2. The number of quaternary nitrogens is 2. The summed E-state index contributed by atoms with van der Waals surface area (Å²) in [7, 11) is 15.2. The van der Waals surface area contributed by atoms with Crippen molar-refractivity contribution >= 4 is 11.8 Å². The van der Waals surface area contributed by atoms with Gasteiger partial charge in [-0.3, -0.25) is 14.5 Å². The second-order valence-corrected chi connectivity index (χ2v) is 10.6. The summed E-state index contributed by atoms with van der Waals surface area (Å²) in [5, 5.41) is 0. The van der Waals surface area contributed by atoms with Crippen LogP contribution in [0, 0.1) is 0 Å². The lowest BCUT2D eigenvalue weighted by atomic mass is 10.0. The maximum absolute atomic E-state index is 12.6. The predicted molar refractivity (Wildman–Crippen MR) is 113 cm³/mol. The van der Waals surface area contributed by atoms with Crippen LogP contribution in [-0.4, -0.2) is 136 Å². The zero-order valence-electron chi connectivity index (χ0n) is 19.3. The van der Waals surface area contributed by atoms with Crippen LogP contribution in [0.1, 0.15) is 25.7 Å². The molecule has 162 valence electrons. The normalized spacial score (nSPS) is 20.7. The second-order valence-electron chi connectivity index (χ2n) is 10.6. The number of hydrogen-bond donors (Lipinski definition) is 0. The third kappa shape index (κ3) is 6.42. The molecule has 0 spiro atoms.